The maximum Gasteiger partial charge on any atom is 0.131 e. The number of hydrogen-bond donors (Lipinski definition) is 0. The summed E-state index contributed by atoms with van der Waals surface area (Å²) in [6, 6.07) is 0. The van der Waals surface area contributed by atoms with Gasteiger partial charge < -0.3 is 4.90 Å². The summed E-state index contributed by atoms with van der Waals surface area (Å²) in [5, 5.41) is 0. The summed E-state index contributed by atoms with van der Waals surface area (Å²) in [4.78, 5) is 11.6. The number of piperidine rings is 1. The van der Waals surface area contributed by atoms with Crippen molar-refractivity contribution in [2.45, 2.75) is 58.3 Å². The highest BCUT2D eigenvalue weighted by atomic mass is 35.5. The fraction of sp³-hybridized carbons (Fsp3) is 0.750. The Balaban J connectivity index is 2.09. The van der Waals surface area contributed by atoms with Crippen molar-refractivity contribution in [1.82, 2.24) is 9.97 Å². The highest BCUT2D eigenvalue weighted by molar-refractivity contribution is 6.17. The van der Waals surface area contributed by atoms with E-state index in [9.17, 15) is 0 Å². The normalized spacial score (nSPS) is 16.9. The molecule has 0 atom stereocenters. The maximum absolute atomic E-state index is 6.09. The zero-order valence-corrected chi connectivity index (χ0v) is 13.7. The van der Waals surface area contributed by atoms with Crippen molar-refractivity contribution >= 4 is 17.3 Å². The Morgan fingerprint density at radius 3 is 2.60 bits per heavy atom. The first-order valence-electron chi connectivity index (χ1n) is 7.82. The molecule has 0 amide bonds. The van der Waals surface area contributed by atoms with Gasteiger partial charge in [-0.25, -0.2) is 9.97 Å². The van der Waals surface area contributed by atoms with E-state index in [0.717, 1.165) is 36.2 Å². The average Bonchev–Trinajstić information content (AvgIpc) is 2.47. The summed E-state index contributed by atoms with van der Waals surface area (Å²) in [6.07, 6.45) is 7.19. The van der Waals surface area contributed by atoms with E-state index in [1.807, 2.05) is 6.20 Å². The van der Waals surface area contributed by atoms with Crippen LogP contribution in [-0.2, 0) is 5.88 Å². The van der Waals surface area contributed by atoms with Gasteiger partial charge in [-0.2, -0.15) is 0 Å². The topological polar surface area (TPSA) is 29.0 Å². The molecule has 3 nitrogen and oxygen atoms in total. The molecule has 1 saturated heterocycles. The van der Waals surface area contributed by atoms with Crippen LogP contribution in [-0.4, -0.2) is 23.1 Å². The smallest absolute Gasteiger partial charge is 0.131 e. The first-order valence-corrected chi connectivity index (χ1v) is 8.35. The average molecular weight is 296 g/mol. The molecule has 1 aliphatic heterocycles. The van der Waals surface area contributed by atoms with Crippen LogP contribution in [0.3, 0.4) is 0 Å². The van der Waals surface area contributed by atoms with E-state index in [1.165, 1.54) is 25.7 Å². The Morgan fingerprint density at radius 1 is 1.35 bits per heavy atom. The lowest BCUT2D eigenvalue weighted by Gasteiger charge is -2.34. The largest absolute Gasteiger partial charge is 0.369 e. The van der Waals surface area contributed by atoms with E-state index in [4.69, 9.17) is 11.6 Å². The Labute approximate surface area is 127 Å². The van der Waals surface area contributed by atoms with Crippen molar-refractivity contribution in [3.63, 3.8) is 0 Å². The lowest BCUT2D eigenvalue weighted by Crippen LogP contribution is -2.34. The molecule has 2 heterocycles. The zero-order chi connectivity index (χ0) is 14.5. The van der Waals surface area contributed by atoms with E-state index in [1.54, 1.807) is 0 Å². The van der Waals surface area contributed by atoms with Crippen LogP contribution >= 0.6 is 11.6 Å². The van der Waals surface area contributed by atoms with Crippen molar-refractivity contribution in [2.75, 3.05) is 18.0 Å². The summed E-state index contributed by atoms with van der Waals surface area (Å²) in [5.41, 5.74) is 2.12. The molecule has 1 aromatic heterocycles. The lowest BCUT2D eigenvalue weighted by molar-refractivity contribution is 0.378. The molecule has 0 N–H and O–H groups in total. The number of hydrogen-bond acceptors (Lipinski definition) is 3. The minimum Gasteiger partial charge on any atom is -0.369 e. The Hall–Kier alpha value is -0.830. The Bertz CT molecular complexity index is 426. The van der Waals surface area contributed by atoms with Gasteiger partial charge in [0.05, 0.1) is 23.5 Å². The van der Waals surface area contributed by atoms with Crippen molar-refractivity contribution in [3.8, 4) is 0 Å². The molecule has 1 aliphatic rings. The molecule has 2 rings (SSSR count). The fourth-order valence-corrected chi connectivity index (χ4v) is 3.13. The maximum atomic E-state index is 6.09. The van der Waals surface area contributed by atoms with Crippen LogP contribution in [0.2, 0.25) is 0 Å². The van der Waals surface area contributed by atoms with Crippen LogP contribution < -0.4 is 4.90 Å². The third-order valence-electron chi connectivity index (χ3n) is 4.16. The van der Waals surface area contributed by atoms with E-state index in [2.05, 4.69) is 35.6 Å². The van der Waals surface area contributed by atoms with Gasteiger partial charge in [0.25, 0.3) is 0 Å². The number of anilines is 1. The molecule has 0 saturated carbocycles. The molecule has 112 valence electrons. The zero-order valence-electron chi connectivity index (χ0n) is 12.9. The predicted molar refractivity (Wildman–Crippen MR) is 85.5 cm³/mol. The molecule has 0 spiro atoms. The van der Waals surface area contributed by atoms with Gasteiger partial charge in [0.1, 0.15) is 5.82 Å². The monoisotopic (exact) mass is 295 g/mol. The minimum atomic E-state index is 0.348. The van der Waals surface area contributed by atoms with Crippen LogP contribution in [0.25, 0.3) is 0 Å². The van der Waals surface area contributed by atoms with Crippen LogP contribution in [0.15, 0.2) is 6.20 Å². The van der Waals surface area contributed by atoms with Crippen LogP contribution in [0.4, 0.5) is 5.69 Å². The molecule has 1 aromatic rings. The third-order valence-corrected chi connectivity index (χ3v) is 4.41. The number of nitrogens with zero attached hydrogens (tertiary/aromatic N) is 3. The van der Waals surface area contributed by atoms with Crippen LogP contribution in [0, 0.1) is 5.92 Å². The summed E-state index contributed by atoms with van der Waals surface area (Å²) < 4.78 is 0. The standard InChI is InChI=1S/C16H26ClN3/c1-4-5-13-6-8-20(9-7-13)15-11-18-16(12(2)3)19-14(15)10-17/h11-13H,4-10H2,1-3H3. The molecular weight excluding hydrogens is 270 g/mol. The molecule has 0 aliphatic carbocycles. The molecule has 4 heteroatoms. The molecule has 0 aromatic carbocycles. The van der Waals surface area contributed by atoms with Gasteiger partial charge in [0, 0.05) is 19.0 Å². The van der Waals surface area contributed by atoms with Crippen LogP contribution in [0.5, 0.6) is 0 Å². The van der Waals surface area contributed by atoms with E-state index < -0.39 is 0 Å². The SMILES string of the molecule is CCCC1CCN(c2cnc(C(C)C)nc2CCl)CC1. The van der Waals surface area contributed by atoms with E-state index in [0.29, 0.717) is 11.8 Å². The van der Waals surface area contributed by atoms with Crippen molar-refractivity contribution < 1.29 is 0 Å². The second-order valence-electron chi connectivity index (χ2n) is 6.07. The second kappa shape index (κ2) is 7.26. The minimum absolute atomic E-state index is 0.348. The molecule has 0 bridgehead atoms. The van der Waals surface area contributed by atoms with E-state index >= 15 is 0 Å². The first kappa shape index (κ1) is 15.6. The third kappa shape index (κ3) is 3.63. The van der Waals surface area contributed by atoms with Gasteiger partial charge >= 0.3 is 0 Å². The number of halogens is 1. The van der Waals surface area contributed by atoms with Gasteiger partial charge in [0.15, 0.2) is 0 Å². The highest BCUT2D eigenvalue weighted by Gasteiger charge is 2.21. The van der Waals surface area contributed by atoms with Crippen LogP contribution in [0.1, 0.15) is 63.9 Å². The molecule has 1 fully saturated rings. The summed E-state index contributed by atoms with van der Waals surface area (Å²) in [7, 11) is 0. The number of alkyl halides is 1. The molecule has 0 unspecified atom stereocenters. The van der Waals surface area contributed by atoms with Crippen molar-refractivity contribution in [1.29, 1.82) is 0 Å². The van der Waals surface area contributed by atoms with Crippen molar-refractivity contribution in [2.24, 2.45) is 5.92 Å². The quantitative estimate of drug-likeness (QED) is 0.756. The second-order valence-corrected chi connectivity index (χ2v) is 6.33. The van der Waals surface area contributed by atoms with Gasteiger partial charge in [-0.1, -0.05) is 33.6 Å². The first-order chi connectivity index (χ1) is 9.65. The molecule has 0 radical (unpaired) electrons. The highest BCUT2D eigenvalue weighted by Crippen LogP contribution is 2.28. The molecular formula is C16H26ClN3. The van der Waals surface area contributed by atoms with Gasteiger partial charge in [-0.15, -0.1) is 11.6 Å². The summed E-state index contributed by atoms with van der Waals surface area (Å²) in [5.74, 6) is 2.60. The lowest BCUT2D eigenvalue weighted by atomic mass is 9.92. The fourth-order valence-electron chi connectivity index (χ4n) is 2.94. The number of aromatic nitrogens is 2. The van der Waals surface area contributed by atoms with Gasteiger partial charge in [-0.05, 0) is 18.8 Å². The summed E-state index contributed by atoms with van der Waals surface area (Å²) in [6.45, 7) is 8.72. The number of rotatable bonds is 5. The van der Waals surface area contributed by atoms with Crippen molar-refractivity contribution in [3.05, 3.63) is 17.7 Å². The Morgan fingerprint density at radius 2 is 2.05 bits per heavy atom. The predicted octanol–water partition coefficient (Wildman–Crippen LogP) is 4.36. The summed E-state index contributed by atoms with van der Waals surface area (Å²) >= 11 is 6.09. The Kier molecular flexibility index (Phi) is 5.64. The van der Waals surface area contributed by atoms with Gasteiger partial charge in [0.2, 0.25) is 0 Å². The van der Waals surface area contributed by atoms with Gasteiger partial charge in [-0.3, -0.25) is 0 Å². The molecule has 20 heavy (non-hydrogen) atoms. The van der Waals surface area contributed by atoms with E-state index in [-0.39, 0.29) is 0 Å².